The Labute approximate surface area is 193 Å². The van der Waals surface area contributed by atoms with Crippen LogP contribution in [0, 0.1) is 0 Å². The molecular formula is C24H26F6O4. The molecule has 4 nitrogen and oxygen atoms in total. The van der Waals surface area contributed by atoms with Crippen molar-refractivity contribution >= 4 is 5.57 Å². The zero-order valence-corrected chi connectivity index (χ0v) is 18.4. The molecule has 0 saturated heterocycles. The van der Waals surface area contributed by atoms with Crippen molar-refractivity contribution in [2.75, 3.05) is 0 Å². The SMILES string of the molecule is CC/C(=C/CCC(O)(C(F)(F)F)C(F)(F)F)c1cccc(OCc2ccc(CO)c(CO)c2)c1. The fourth-order valence-electron chi connectivity index (χ4n) is 3.39. The first-order valence-corrected chi connectivity index (χ1v) is 10.5. The Morgan fingerprint density at radius 2 is 1.56 bits per heavy atom. The minimum Gasteiger partial charge on any atom is -0.489 e. The first-order chi connectivity index (χ1) is 15.9. The van der Waals surface area contributed by atoms with Crippen LogP contribution < -0.4 is 4.74 Å². The summed E-state index contributed by atoms with van der Waals surface area (Å²) in [5.41, 5.74) is -1.82. The molecule has 0 aliphatic heterocycles. The maximum absolute atomic E-state index is 12.9. The second-order valence-electron chi connectivity index (χ2n) is 7.71. The summed E-state index contributed by atoms with van der Waals surface area (Å²) < 4.78 is 82.9. The molecule has 34 heavy (non-hydrogen) atoms. The molecule has 2 aromatic carbocycles. The van der Waals surface area contributed by atoms with Gasteiger partial charge >= 0.3 is 12.4 Å². The number of ether oxygens (including phenoxy) is 1. The monoisotopic (exact) mass is 492 g/mol. The number of aliphatic hydroxyl groups excluding tert-OH is 2. The van der Waals surface area contributed by atoms with Gasteiger partial charge in [0.05, 0.1) is 13.2 Å². The highest BCUT2D eigenvalue weighted by Gasteiger charge is 2.69. The number of hydrogen-bond acceptors (Lipinski definition) is 4. The van der Waals surface area contributed by atoms with Crippen molar-refractivity contribution in [2.24, 2.45) is 0 Å². The average molecular weight is 492 g/mol. The summed E-state index contributed by atoms with van der Waals surface area (Å²) >= 11 is 0. The molecule has 10 heteroatoms. The molecule has 0 unspecified atom stereocenters. The molecular weight excluding hydrogens is 466 g/mol. The molecule has 0 spiro atoms. The highest BCUT2D eigenvalue weighted by molar-refractivity contribution is 5.66. The van der Waals surface area contributed by atoms with Crippen molar-refractivity contribution in [1.82, 2.24) is 0 Å². The van der Waals surface area contributed by atoms with E-state index in [9.17, 15) is 41.7 Å². The largest absolute Gasteiger partial charge is 0.489 e. The van der Waals surface area contributed by atoms with Crippen molar-refractivity contribution in [3.63, 3.8) is 0 Å². The standard InChI is InChI=1S/C24H26F6O4/c1-2-17(6-4-10-22(33,23(25,26)27)24(28,29)30)18-5-3-7-21(12-18)34-15-16-8-9-19(13-31)20(11-16)14-32/h3,5-9,11-12,31-33H,2,4,10,13-15H2,1H3/b17-6-. The fraction of sp³-hybridized carbons (Fsp3) is 0.417. The molecule has 0 heterocycles. The van der Waals surface area contributed by atoms with E-state index < -0.39 is 30.8 Å². The number of halogens is 6. The van der Waals surface area contributed by atoms with Crippen molar-refractivity contribution in [2.45, 2.75) is 64.0 Å². The molecule has 0 fully saturated rings. The molecule has 0 atom stereocenters. The van der Waals surface area contributed by atoms with Gasteiger partial charge in [-0.1, -0.05) is 37.3 Å². The smallest absolute Gasteiger partial charge is 0.426 e. The Kier molecular flexibility index (Phi) is 9.15. The topological polar surface area (TPSA) is 69.9 Å². The van der Waals surface area contributed by atoms with Gasteiger partial charge in [0.2, 0.25) is 0 Å². The molecule has 0 radical (unpaired) electrons. The molecule has 0 aliphatic carbocycles. The van der Waals surface area contributed by atoms with Gasteiger partial charge in [-0.2, -0.15) is 26.3 Å². The van der Waals surface area contributed by atoms with Gasteiger partial charge in [-0.3, -0.25) is 0 Å². The van der Waals surface area contributed by atoms with E-state index in [1.165, 1.54) is 6.08 Å². The van der Waals surface area contributed by atoms with Gasteiger partial charge in [-0.05, 0) is 65.3 Å². The highest BCUT2D eigenvalue weighted by Crippen LogP contribution is 2.46. The summed E-state index contributed by atoms with van der Waals surface area (Å²) in [6, 6.07) is 11.7. The van der Waals surface area contributed by atoms with Crippen molar-refractivity contribution < 1.29 is 46.4 Å². The maximum atomic E-state index is 12.9. The van der Waals surface area contributed by atoms with Crippen LogP contribution >= 0.6 is 0 Å². The van der Waals surface area contributed by atoms with Crippen LogP contribution in [-0.2, 0) is 19.8 Å². The lowest BCUT2D eigenvalue weighted by atomic mass is 9.94. The number of rotatable bonds is 10. The minimum atomic E-state index is -5.84. The van der Waals surface area contributed by atoms with Crippen molar-refractivity contribution in [3.05, 3.63) is 70.8 Å². The number of hydrogen-bond donors (Lipinski definition) is 3. The van der Waals surface area contributed by atoms with Crippen LogP contribution in [0.5, 0.6) is 5.75 Å². The number of alkyl halides is 6. The lowest BCUT2D eigenvalue weighted by Crippen LogP contribution is -2.56. The molecule has 2 aromatic rings. The van der Waals surface area contributed by atoms with Gasteiger partial charge in [0.15, 0.2) is 0 Å². The summed E-state index contributed by atoms with van der Waals surface area (Å²) in [5, 5.41) is 28.0. The van der Waals surface area contributed by atoms with Crippen LogP contribution in [0.2, 0.25) is 0 Å². The van der Waals surface area contributed by atoms with Gasteiger partial charge in [0, 0.05) is 0 Å². The third-order valence-corrected chi connectivity index (χ3v) is 5.44. The zero-order valence-electron chi connectivity index (χ0n) is 18.4. The molecule has 2 rings (SSSR count). The lowest BCUT2D eigenvalue weighted by Gasteiger charge is -2.32. The van der Waals surface area contributed by atoms with Gasteiger partial charge in [-0.15, -0.1) is 0 Å². The Bertz CT molecular complexity index is 968. The van der Waals surface area contributed by atoms with E-state index >= 15 is 0 Å². The summed E-state index contributed by atoms with van der Waals surface area (Å²) in [4.78, 5) is 0. The van der Waals surface area contributed by atoms with Crippen LogP contribution in [0.25, 0.3) is 5.57 Å². The van der Waals surface area contributed by atoms with Crippen LogP contribution in [0.15, 0.2) is 48.5 Å². The normalized spacial score (nSPS) is 13.3. The van der Waals surface area contributed by atoms with E-state index in [4.69, 9.17) is 4.74 Å². The fourth-order valence-corrected chi connectivity index (χ4v) is 3.39. The van der Waals surface area contributed by atoms with Gasteiger partial charge in [0.1, 0.15) is 12.4 Å². The van der Waals surface area contributed by atoms with E-state index in [1.54, 1.807) is 49.4 Å². The number of benzene rings is 2. The average Bonchev–Trinajstić information content (AvgIpc) is 2.78. The second kappa shape index (κ2) is 11.2. The molecule has 0 aromatic heterocycles. The first kappa shape index (κ1) is 27.7. The Morgan fingerprint density at radius 1 is 0.912 bits per heavy atom. The number of allylic oxidation sites excluding steroid dienone is 2. The van der Waals surface area contributed by atoms with E-state index in [2.05, 4.69) is 0 Å². The van der Waals surface area contributed by atoms with Gasteiger partial charge in [0.25, 0.3) is 5.60 Å². The number of aliphatic hydroxyl groups is 3. The highest BCUT2D eigenvalue weighted by atomic mass is 19.4. The molecule has 0 saturated carbocycles. The predicted molar refractivity (Wildman–Crippen MR) is 114 cm³/mol. The van der Waals surface area contributed by atoms with Gasteiger partial charge in [-0.25, -0.2) is 0 Å². The van der Waals surface area contributed by atoms with Gasteiger partial charge < -0.3 is 20.1 Å². The lowest BCUT2D eigenvalue weighted by molar-refractivity contribution is -0.369. The van der Waals surface area contributed by atoms with Crippen LogP contribution in [0.4, 0.5) is 26.3 Å². The van der Waals surface area contributed by atoms with E-state index in [1.807, 2.05) is 0 Å². The van der Waals surface area contributed by atoms with E-state index in [0.717, 1.165) is 5.56 Å². The molecule has 188 valence electrons. The summed E-state index contributed by atoms with van der Waals surface area (Å²) in [5.74, 6) is 0.427. The summed E-state index contributed by atoms with van der Waals surface area (Å²) in [6.45, 7) is 1.38. The third-order valence-electron chi connectivity index (χ3n) is 5.44. The zero-order chi connectivity index (χ0) is 25.6. The minimum absolute atomic E-state index is 0.136. The predicted octanol–water partition coefficient (Wildman–Crippen LogP) is 5.68. The van der Waals surface area contributed by atoms with Crippen LogP contribution in [0.1, 0.15) is 48.4 Å². The maximum Gasteiger partial charge on any atom is 0.426 e. The van der Waals surface area contributed by atoms with E-state index in [-0.39, 0.29) is 19.8 Å². The Balaban J connectivity index is 2.14. The van der Waals surface area contributed by atoms with E-state index in [0.29, 0.717) is 34.4 Å². The van der Waals surface area contributed by atoms with Crippen molar-refractivity contribution in [1.29, 1.82) is 0 Å². The molecule has 0 aliphatic rings. The van der Waals surface area contributed by atoms with Crippen molar-refractivity contribution in [3.8, 4) is 5.75 Å². The Morgan fingerprint density at radius 3 is 2.12 bits per heavy atom. The van der Waals surface area contributed by atoms with Crippen LogP contribution in [0.3, 0.4) is 0 Å². The molecule has 0 amide bonds. The van der Waals surface area contributed by atoms with Crippen LogP contribution in [-0.4, -0.2) is 33.3 Å². The third kappa shape index (κ3) is 6.52. The summed E-state index contributed by atoms with van der Waals surface area (Å²) in [7, 11) is 0. The quantitative estimate of drug-likeness (QED) is 0.374. The first-order valence-electron chi connectivity index (χ1n) is 10.5. The molecule has 3 N–H and O–H groups in total. The molecule has 0 bridgehead atoms. The second-order valence-corrected chi connectivity index (χ2v) is 7.71. The Hall–Kier alpha value is -2.56. The summed E-state index contributed by atoms with van der Waals surface area (Å²) in [6.07, 6.45) is -12.3.